The van der Waals surface area contributed by atoms with E-state index >= 15 is 0 Å². The minimum absolute atomic E-state index is 0. The van der Waals surface area contributed by atoms with E-state index in [2.05, 4.69) is 47.3 Å². The molecule has 304 valence electrons. The Balaban J connectivity index is 0. The van der Waals surface area contributed by atoms with Crippen molar-refractivity contribution in [3.8, 4) is 18.2 Å². The van der Waals surface area contributed by atoms with E-state index in [1.165, 1.54) is 85.7 Å². The number of nitrogens with one attached hydrogen (secondary N) is 5. The molecule has 0 fully saturated rings. The van der Waals surface area contributed by atoms with Gasteiger partial charge in [0.05, 0.1) is 71.6 Å². The van der Waals surface area contributed by atoms with Gasteiger partial charge in [0.15, 0.2) is 0 Å². The van der Waals surface area contributed by atoms with Gasteiger partial charge in [0, 0.05) is 0 Å². The van der Waals surface area contributed by atoms with E-state index in [1.807, 2.05) is 18.2 Å². The molecule has 0 atom stereocenters. The van der Waals surface area contributed by atoms with E-state index in [0.717, 1.165) is 6.92 Å². The molecule has 3 aromatic rings. The number of hydrazine groups is 1. The fraction of sp³-hybridized carbons (Fsp3) is 0.294. The average Bonchev–Trinajstić information content (AvgIpc) is 3.15. The van der Waals surface area contributed by atoms with Crippen LogP contribution in [-0.2, 0) is 4.79 Å². The fourth-order valence-electron chi connectivity index (χ4n) is 3.32. The molecule has 0 spiro atoms. The molecule has 0 unspecified atom stereocenters. The number of benzene rings is 3. The number of nitrogens with zero attached hydrogens (tertiary/aromatic N) is 5. The Morgan fingerprint density at radius 2 is 1.04 bits per heavy atom. The van der Waals surface area contributed by atoms with E-state index in [-0.39, 0.29) is 29.3 Å². The lowest BCUT2D eigenvalue weighted by Gasteiger charge is -2.10. The minimum atomic E-state index is -4.94. The normalized spacial score (nSPS) is 11.1. The van der Waals surface area contributed by atoms with Crippen molar-refractivity contribution in [3.05, 3.63) is 89.5 Å². The number of rotatable bonds is 9. The Labute approximate surface area is 327 Å². The second kappa shape index (κ2) is 26.1. The topological polar surface area (TPSA) is 166 Å². The Hall–Kier alpha value is -5.75. The van der Waals surface area contributed by atoms with Crippen molar-refractivity contribution < 1.29 is 61.6 Å². The maximum absolute atomic E-state index is 12.1. The van der Waals surface area contributed by atoms with Crippen LogP contribution in [0.25, 0.3) is 0 Å². The van der Waals surface area contributed by atoms with E-state index in [1.54, 1.807) is 17.0 Å². The van der Waals surface area contributed by atoms with Crippen molar-refractivity contribution in [1.29, 1.82) is 15.8 Å². The lowest BCUT2D eigenvalue weighted by Crippen LogP contribution is -3.11. The van der Waals surface area contributed by atoms with Crippen LogP contribution in [-0.4, -0.2) is 55.0 Å². The molecule has 3 rings (SSSR count). The van der Waals surface area contributed by atoms with Gasteiger partial charge in [0.25, 0.3) is 0 Å². The fourth-order valence-corrected chi connectivity index (χ4v) is 3.36. The molecule has 0 saturated heterocycles. The summed E-state index contributed by atoms with van der Waals surface area (Å²) in [4.78, 5) is 12.1. The monoisotopic (exact) mass is 840 g/mol. The zero-order valence-electron chi connectivity index (χ0n) is 29.9. The van der Waals surface area contributed by atoms with E-state index in [0.29, 0.717) is 16.8 Å². The average molecular weight is 842 g/mol. The molecule has 0 aliphatic heterocycles. The largest absolute Gasteiger partial charge is 1.00 e. The number of anilines is 3. The van der Waals surface area contributed by atoms with Gasteiger partial charge in [0.2, 0.25) is 5.17 Å². The first-order valence-electron chi connectivity index (χ1n) is 15.6. The molecule has 0 aromatic heterocycles. The van der Waals surface area contributed by atoms with Gasteiger partial charge >= 0.3 is 24.4 Å². The summed E-state index contributed by atoms with van der Waals surface area (Å²) in [6, 6.07) is 23.1. The molecule has 0 aliphatic carbocycles. The third-order valence-electron chi connectivity index (χ3n) is 6.33. The number of amides is 1. The number of hydrogen-bond donors (Lipinski definition) is 5. The molecular formula is C34H35Cl2F9N10O. The van der Waals surface area contributed by atoms with Gasteiger partial charge in [-0.15, -0.1) is 0 Å². The zero-order valence-corrected chi connectivity index (χ0v) is 31.4. The number of hydrazone groups is 2. The highest BCUT2D eigenvalue weighted by Crippen LogP contribution is 2.21. The number of nitriles is 3. The number of halogens is 11. The standard InChI is InChI=1S/C10H8F3N3.C9H5ClF3N3.C9H6F3N3O.C6H15N.ClH/c1-7(10(11,12)13)15-16-9-4-2-3-8(5-9)6-14;10-8(9(11,12)13)16-15-7-3-1-2-6(4-7)5-14;10-9(11,12)8(16)15-14-7-3-1-2-6(4-7)5-13;1-4-7(5-2)6-3;/h2-5,16H,1H3;1-4,15H;1-4,14H,(H,15,16);4-6H2,1-3H3;1H/b15-7+;16-8-;;;. The summed E-state index contributed by atoms with van der Waals surface area (Å²) in [6.07, 6.45) is -14.1. The number of carbonyl (C=O) groups is 1. The van der Waals surface area contributed by atoms with Crippen LogP contribution in [0.4, 0.5) is 56.6 Å². The van der Waals surface area contributed by atoms with Gasteiger partial charge in [-0.3, -0.25) is 26.5 Å². The highest BCUT2D eigenvalue weighted by Gasteiger charge is 2.38. The number of quaternary nitrogens is 1. The van der Waals surface area contributed by atoms with Crippen LogP contribution in [0.3, 0.4) is 0 Å². The van der Waals surface area contributed by atoms with Crippen LogP contribution >= 0.6 is 11.6 Å². The molecule has 3 aromatic carbocycles. The zero-order chi connectivity index (χ0) is 42.2. The quantitative estimate of drug-likeness (QED) is 0.120. The van der Waals surface area contributed by atoms with Crippen molar-refractivity contribution >= 4 is 45.5 Å². The van der Waals surface area contributed by atoms with E-state index in [9.17, 15) is 44.3 Å². The summed E-state index contributed by atoms with van der Waals surface area (Å²) >= 11 is 4.88. The van der Waals surface area contributed by atoms with Crippen LogP contribution in [0.15, 0.2) is 83.0 Å². The molecule has 1 amide bonds. The van der Waals surface area contributed by atoms with Gasteiger partial charge in [-0.1, -0.05) is 29.8 Å². The number of alkyl halides is 9. The molecule has 0 bridgehead atoms. The van der Waals surface area contributed by atoms with E-state index in [4.69, 9.17) is 27.4 Å². The first kappa shape index (κ1) is 52.4. The summed E-state index contributed by atoms with van der Waals surface area (Å²) in [5, 5.41) is 30.3. The van der Waals surface area contributed by atoms with Crippen LogP contribution < -0.4 is 39.0 Å². The van der Waals surface area contributed by atoms with Crippen molar-refractivity contribution in [2.75, 3.05) is 35.9 Å². The predicted molar refractivity (Wildman–Crippen MR) is 190 cm³/mol. The summed E-state index contributed by atoms with van der Waals surface area (Å²) in [6.45, 7) is 11.3. The summed E-state index contributed by atoms with van der Waals surface area (Å²) in [5.74, 6) is -2.10. The molecule has 0 heterocycles. The first-order chi connectivity index (χ1) is 25.6. The second-order valence-electron chi connectivity index (χ2n) is 10.3. The number of carbonyl (C=O) groups excluding carboxylic acids is 1. The molecule has 5 N–H and O–H groups in total. The Morgan fingerprint density at radius 1 is 0.661 bits per heavy atom. The van der Waals surface area contributed by atoms with Crippen LogP contribution in [0.1, 0.15) is 44.4 Å². The molecule has 0 saturated carbocycles. The third kappa shape index (κ3) is 22.5. The van der Waals surface area contributed by atoms with Gasteiger partial charge in [-0.05, 0) is 82.3 Å². The minimum Gasteiger partial charge on any atom is -1.00 e. The Morgan fingerprint density at radius 3 is 1.36 bits per heavy atom. The summed E-state index contributed by atoms with van der Waals surface area (Å²) < 4.78 is 107. The molecule has 56 heavy (non-hydrogen) atoms. The van der Waals surface area contributed by atoms with Gasteiger partial charge in [-0.25, -0.2) is 0 Å². The lowest BCUT2D eigenvalue weighted by molar-refractivity contribution is -0.894. The Kier molecular flexibility index (Phi) is 24.4. The predicted octanol–water partition coefficient (Wildman–Crippen LogP) is 4.49. The van der Waals surface area contributed by atoms with Crippen LogP contribution in [0.5, 0.6) is 0 Å². The number of hydrogen-bond acceptors (Lipinski definition) is 9. The summed E-state index contributed by atoms with van der Waals surface area (Å²) in [5.41, 5.74) is 8.61. The highest BCUT2D eigenvalue weighted by molar-refractivity contribution is 6.66. The van der Waals surface area contributed by atoms with E-state index < -0.39 is 35.3 Å². The Bertz CT molecular complexity index is 1750. The molecule has 22 heteroatoms. The molecule has 0 radical (unpaired) electrons. The molecular weight excluding hydrogens is 806 g/mol. The van der Waals surface area contributed by atoms with Crippen molar-refractivity contribution in [2.45, 2.75) is 46.2 Å². The van der Waals surface area contributed by atoms with Crippen molar-refractivity contribution in [3.63, 3.8) is 0 Å². The van der Waals surface area contributed by atoms with Gasteiger partial charge in [-0.2, -0.15) is 65.5 Å². The van der Waals surface area contributed by atoms with Gasteiger partial charge < -0.3 is 17.3 Å². The van der Waals surface area contributed by atoms with Gasteiger partial charge in [0.1, 0.15) is 5.71 Å². The first-order valence-corrected chi connectivity index (χ1v) is 15.9. The maximum atomic E-state index is 12.1. The van der Waals surface area contributed by atoms with Crippen molar-refractivity contribution in [2.24, 2.45) is 10.2 Å². The highest BCUT2D eigenvalue weighted by atomic mass is 35.5. The summed E-state index contributed by atoms with van der Waals surface area (Å²) in [7, 11) is 0. The SMILES string of the molecule is C/C(=N\Nc1cccc(C#N)c1)C(F)(F)F.CC[NH+](CC)CC.N#Cc1cccc(N/N=C(\Cl)C(F)(F)F)c1.N#Cc1cccc(NNC(=O)C(F)(F)F)c1.[Cl-]. The maximum Gasteiger partial charge on any atom is 0.472 e. The van der Waals surface area contributed by atoms with Crippen molar-refractivity contribution in [1.82, 2.24) is 5.43 Å². The smallest absolute Gasteiger partial charge is 0.472 e. The molecule has 0 aliphatic rings. The van der Waals surface area contributed by atoms with Crippen LogP contribution in [0, 0.1) is 34.0 Å². The third-order valence-corrected chi connectivity index (χ3v) is 6.63. The van der Waals surface area contributed by atoms with Crippen LogP contribution in [0.2, 0.25) is 0 Å². The molecule has 11 nitrogen and oxygen atoms in total. The lowest BCUT2D eigenvalue weighted by atomic mass is 10.2. The second-order valence-corrected chi connectivity index (χ2v) is 10.6.